The Hall–Kier alpha value is -2.87. The van der Waals surface area contributed by atoms with E-state index in [1.54, 1.807) is 0 Å². The molecule has 0 radical (unpaired) electrons. The molecule has 0 spiro atoms. The lowest BCUT2D eigenvalue weighted by Gasteiger charge is -2.26. The second-order valence-corrected chi connectivity index (χ2v) is 8.42. The van der Waals surface area contributed by atoms with E-state index < -0.39 is 17.4 Å². The summed E-state index contributed by atoms with van der Waals surface area (Å²) in [6.07, 6.45) is 4.10. The first-order chi connectivity index (χ1) is 15.3. The maximum Gasteiger partial charge on any atom is 0.304 e. The molecule has 2 aliphatic rings. The molecule has 7 heteroatoms. The third-order valence-corrected chi connectivity index (χ3v) is 5.65. The molecule has 32 heavy (non-hydrogen) atoms. The van der Waals surface area contributed by atoms with E-state index >= 15 is 0 Å². The topological polar surface area (TPSA) is 83.7 Å². The molecule has 0 bridgehead atoms. The van der Waals surface area contributed by atoms with Crippen molar-refractivity contribution in [1.82, 2.24) is 4.90 Å². The molecule has 0 fully saturated rings. The number of nitrogens with zero attached hydrogens (tertiary/aromatic N) is 3. The van der Waals surface area contributed by atoms with Crippen LogP contribution in [0.2, 0.25) is 0 Å². The molecular weight excluding hydrogens is 406 g/mol. The molecule has 0 aromatic heterocycles. The minimum absolute atomic E-state index is 0.0679. The molecule has 0 aliphatic carbocycles. The van der Waals surface area contributed by atoms with Crippen LogP contribution in [0.3, 0.4) is 0 Å². The summed E-state index contributed by atoms with van der Waals surface area (Å²) in [4.78, 5) is 22.5. The Kier molecular flexibility index (Phi) is 6.50. The minimum Gasteiger partial charge on any atom is -0.481 e. The van der Waals surface area contributed by atoms with E-state index in [9.17, 15) is 4.79 Å². The number of carbonyl (C=O) groups is 1. The van der Waals surface area contributed by atoms with Gasteiger partial charge in [-0.3, -0.25) is 9.69 Å². The molecule has 0 saturated carbocycles. The van der Waals surface area contributed by atoms with Gasteiger partial charge in [-0.2, -0.15) is 0 Å². The molecule has 0 saturated heterocycles. The number of para-hydroxylation sites is 2. The number of ether oxygens (including phenoxy) is 2. The average Bonchev–Trinajstić information content (AvgIpc) is 3.27. The van der Waals surface area contributed by atoms with Crippen LogP contribution in [0.5, 0.6) is 0 Å². The summed E-state index contributed by atoms with van der Waals surface area (Å²) >= 11 is 0. The highest BCUT2D eigenvalue weighted by Gasteiger charge is 2.26. The number of hydrogen-bond acceptors (Lipinski definition) is 6. The van der Waals surface area contributed by atoms with Crippen LogP contribution in [-0.4, -0.2) is 60.3 Å². The quantitative estimate of drug-likeness (QED) is 0.554. The smallest absolute Gasteiger partial charge is 0.304 e. The van der Waals surface area contributed by atoms with Gasteiger partial charge in [0.25, 0.3) is 0 Å². The van der Waals surface area contributed by atoms with Crippen LogP contribution in [-0.2, 0) is 14.3 Å². The summed E-state index contributed by atoms with van der Waals surface area (Å²) in [6, 6.07) is 15.9. The summed E-state index contributed by atoms with van der Waals surface area (Å²) < 4.78 is 12.2. The molecule has 168 valence electrons. The number of fused-ring (bicyclic) bond motifs is 2. The van der Waals surface area contributed by atoms with Crippen LogP contribution in [0.1, 0.15) is 20.3 Å². The van der Waals surface area contributed by atoms with Crippen molar-refractivity contribution in [3.8, 4) is 0 Å². The fourth-order valence-electron chi connectivity index (χ4n) is 4.04. The lowest BCUT2D eigenvalue weighted by atomic mass is 10.2. The number of aliphatic carboxylic acids is 1. The maximum atomic E-state index is 11.1. The van der Waals surface area contributed by atoms with Crippen molar-refractivity contribution in [1.29, 1.82) is 0 Å². The molecule has 1 N–H and O–H groups in total. The van der Waals surface area contributed by atoms with Crippen LogP contribution in [0.15, 0.2) is 58.5 Å². The Labute approximate surface area is 187 Å². The Morgan fingerprint density at radius 1 is 0.844 bits per heavy atom. The van der Waals surface area contributed by atoms with Gasteiger partial charge in [0.05, 0.1) is 30.3 Å². The van der Waals surface area contributed by atoms with Crippen molar-refractivity contribution in [2.75, 3.05) is 32.8 Å². The van der Waals surface area contributed by atoms with Crippen molar-refractivity contribution in [3.05, 3.63) is 69.7 Å². The zero-order valence-electron chi connectivity index (χ0n) is 18.5. The molecule has 2 unspecified atom stereocenters. The summed E-state index contributed by atoms with van der Waals surface area (Å²) in [7, 11) is 0. The van der Waals surface area contributed by atoms with E-state index in [1.807, 2.05) is 79.4 Å². The standard InChI is InChI=1S/C25H29N3O4/c1-24(17-19-7-3-5-9-21(19)26-24)31-15-13-28(12-11-23(29)30)14-16-32-25(2)18-20-8-4-6-10-22(20)27-25/h3-10,17-18H,11-16H2,1-2H3,(H,29,30). The molecule has 2 aromatic carbocycles. The maximum absolute atomic E-state index is 11.1. The monoisotopic (exact) mass is 435 g/mol. The lowest BCUT2D eigenvalue weighted by Crippen LogP contribution is -2.36. The first kappa shape index (κ1) is 22.3. The summed E-state index contributed by atoms with van der Waals surface area (Å²) in [5, 5.41) is 13.1. The van der Waals surface area contributed by atoms with E-state index in [0.717, 1.165) is 21.2 Å². The van der Waals surface area contributed by atoms with Gasteiger partial charge in [0, 0.05) is 30.1 Å². The summed E-state index contributed by atoms with van der Waals surface area (Å²) in [6.45, 7) is 6.35. The van der Waals surface area contributed by atoms with Crippen LogP contribution < -0.4 is 21.2 Å². The summed E-state index contributed by atoms with van der Waals surface area (Å²) in [5.74, 6) is -0.820. The van der Waals surface area contributed by atoms with E-state index in [-0.39, 0.29) is 6.42 Å². The Morgan fingerprint density at radius 3 is 1.75 bits per heavy atom. The van der Waals surface area contributed by atoms with E-state index in [4.69, 9.17) is 14.6 Å². The first-order valence-corrected chi connectivity index (χ1v) is 10.9. The van der Waals surface area contributed by atoms with Gasteiger partial charge in [0.15, 0.2) is 11.4 Å². The molecule has 2 atom stereocenters. The molecule has 2 heterocycles. The number of carboxylic acid groups (broad SMARTS) is 1. The van der Waals surface area contributed by atoms with Gasteiger partial charge < -0.3 is 14.6 Å². The summed E-state index contributed by atoms with van der Waals surface area (Å²) in [5.41, 5.74) is -1.40. The highest BCUT2D eigenvalue weighted by molar-refractivity contribution is 5.66. The van der Waals surface area contributed by atoms with Crippen molar-refractivity contribution >= 4 is 18.1 Å². The second-order valence-electron chi connectivity index (χ2n) is 8.42. The average molecular weight is 436 g/mol. The molecule has 0 amide bonds. The molecule has 7 nitrogen and oxygen atoms in total. The predicted octanol–water partition coefficient (Wildman–Crippen LogP) is 0.457. The van der Waals surface area contributed by atoms with E-state index in [1.165, 1.54) is 0 Å². The molecule has 2 aromatic rings. The van der Waals surface area contributed by atoms with E-state index in [0.29, 0.717) is 32.8 Å². The van der Waals surface area contributed by atoms with Crippen molar-refractivity contribution in [2.45, 2.75) is 31.7 Å². The van der Waals surface area contributed by atoms with Gasteiger partial charge in [-0.15, -0.1) is 0 Å². The van der Waals surface area contributed by atoms with Gasteiger partial charge in [-0.05, 0) is 38.1 Å². The number of benzene rings is 2. The SMILES string of the molecule is CC1(OCCN(CCOC2(C)C=c3ccccc3=N2)CCC(=O)O)C=c2ccccc2=N1. The fraction of sp³-hybridized carbons (Fsp3) is 0.400. The normalized spacial score (nSPS) is 23.0. The highest BCUT2D eigenvalue weighted by Crippen LogP contribution is 2.17. The van der Waals surface area contributed by atoms with Crippen LogP contribution >= 0.6 is 0 Å². The molecule has 4 rings (SSSR count). The Bertz CT molecular complexity index is 1070. The Morgan fingerprint density at radius 2 is 1.31 bits per heavy atom. The van der Waals surface area contributed by atoms with Crippen molar-refractivity contribution < 1.29 is 19.4 Å². The second kappa shape index (κ2) is 9.32. The third-order valence-electron chi connectivity index (χ3n) is 5.65. The van der Waals surface area contributed by atoms with Gasteiger partial charge in [-0.1, -0.05) is 36.4 Å². The largest absolute Gasteiger partial charge is 0.481 e. The van der Waals surface area contributed by atoms with Gasteiger partial charge in [0.2, 0.25) is 0 Å². The molecule has 2 aliphatic heterocycles. The Balaban J connectivity index is 1.31. The molecular formula is C25H29N3O4. The van der Waals surface area contributed by atoms with Crippen LogP contribution in [0.25, 0.3) is 12.2 Å². The fourth-order valence-corrected chi connectivity index (χ4v) is 4.04. The minimum atomic E-state index is -0.820. The van der Waals surface area contributed by atoms with E-state index in [2.05, 4.69) is 9.98 Å². The van der Waals surface area contributed by atoms with Gasteiger partial charge in [0.1, 0.15) is 0 Å². The van der Waals surface area contributed by atoms with Gasteiger partial charge >= 0.3 is 5.97 Å². The zero-order valence-corrected chi connectivity index (χ0v) is 18.5. The lowest BCUT2D eigenvalue weighted by molar-refractivity contribution is -0.137. The number of rotatable bonds is 11. The first-order valence-electron chi connectivity index (χ1n) is 10.9. The van der Waals surface area contributed by atoms with Crippen molar-refractivity contribution in [3.63, 3.8) is 0 Å². The number of hydrogen-bond donors (Lipinski definition) is 1. The number of carboxylic acids is 1. The zero-order chi connectivity index (χ0) is 22.6. The van der Waals surface area contributed by atoms with Crippen LogP contribution in [0, 0.1) is 0 Å². The van der Waals surface area contributed by atoms with Gasteiger partial charge in [-0.25, -0.2) is 9.98 Å². The highest BCUT2D eigenvalue weighted by atomic mass is 16.5. The van der Waals surface area contributed by atoms with Crippen LogP contribution in [0.4, 0.5) is 0 Å². The van der Waals surface area contributed by atoms with Crippen molar-refractivity contribution in [2.24, 2.45) is 9.98 Å². The third kappa shape index (κ3) is 5.48. The predicted molar refractivity (Wildman–Crippen MR) is 121 cm³/mol.